The lowest BCUT2D eigenvalue weighted by molar-refractivity contribution is 0.603. The SMILES string of the molecule is Cc1ccccc1NC(SCc1cccc(Cl)c1)=C(C#N)S(=O)(=O)c1ccccc1. The Morgan fingerprint density at radius 2 is 1.73 bits per heavy atom. The monoisotopic (exact) mass is 454 g/mol. The van der Waals surface area contributed by atoms with Crippen LogP contribution < -0.4 is 5.32 Å². The van der Waals surface area contributed by atoms with E-state index >= 15 is 0 Å². The van der Waals surface area contributed by atoms with Gasteiger partial charge in [-0.3, -0.25) is 0 Å². The molecule has 0 aliphatic rings. The molecule has 0 saturated heterocycles. The highest BCUT2D eigenvalue weighted by molar-refractivity contribution is 8.04. The number of rotatable bonds is 7. The Morgan fingerprint density at radius 1 is 1.03 bits per heavy atom. The summed E-state index contributed by atoms with van der Waals surface area (Å²) in [7, 11) is -3.99. The average molecular weight is 455 g/mol. The number of halogens is 1. The largest absolute Gasteiger partial charge is 0.348 e. The van der Waals surface area contributed by atoms with Gasteiger partial charge < -0.3 is 5.32 Å². The third-order valence-electron chi connectivity index (χ3n) is 4.30. The first-order valence-electron chi connectivity index (χ1n) is 9.06. The third kappa shape index (κ3) is 5.25. The minimum absolute atomic E-state index is 0.0778. The van der Waals surface area contributed by atoms with Crippen LogP contribution in [-0.2, 0) is 15.6 Å². The summed E-state index contributed by atoms with van der Waals surface area (Å²) in [5, 5.41) is 13.9. The Hall–Kier alpha value is -2.72. The van der Waals surface area contributed by atoms with Gasteiger partial charge >= 0.3 is 0 Å². The van der Waals surface area contributed by atoms with E-state index in [2.05, 4.69) is 5.32 Å². The Morgan fingerprint density at radius 3 is 2.40 bits per heavy atom. The molecule has 3 rings (SSSR count). The second-order valence-corrected chi connectivity index (χ2v) is 9.75. The number of benzene rings is 3. The van der Waals surface area contributed by atoms with E-state index in [9.17, 15) is 13.7 Å². The summed E-state index contributed by atoms with van der Waals surface area (Å²) >= 11 is 7.32. The fraction of sp³-hybridized carbons (Fsp3) is 0.0870. The molecule has 0 aliphatic heterocycles. The van der Waals surface area contributed by atoms with Crippen molar-refractivity contribution in [1.82, 2.24) is 0 Å². The zero-order valence-corrected chi connectivity index (χ0v) is 18.6. The molecule has 0 heterocycles. The molecule has 152 valence electrons. The molecule has 0 amide bonds. The summed E-state index contributed by atoms with van der Waals surface area (Å²) in [4.78, 5) is -0.238. The second kappa shape index (κ2) is 9.86. The topological polar surface area (TPSA) is 70.0 Å². The standard InChI is InChI=1S/C23H19ClN2O2S2/c1-17-8-5-6-13-21(17)26-23(29-16-18-9-7-10-19(24)14-18)22(15-25)30(27,28)20-11-3-2-4-12-20/h2-14,26H,16H2,1H3. The van der Waals surface area contributed by atoms with Gasteiger partial charge in [0.15, 0.2) is 4.91 Å². The van der Waals surface area contributed by atoms with Gasteiger partial charge in [-0.2, -0.15) is 5.26 Å². The van der Waals surface area contributed by atoms with Gasteiger partial charge in [0.2, 0.25) is 9.84 Å². The molecule has 7 heteroatoms. The maximum absolute atomic E-state index is 13.2. The van der Waals surface area contributed by atoms with Crippen molar-refractivity contribution < 1.29 is 8.42 Å². The van der Waals surface area contributed by atoms with Crippen molar-refractivity contribution in [3.63, 3.8) is 0 Å². The number of hydrogen-bond donors (Lipinski definition) is 1. The third-order valence-corrected chi connectivity index (χ3v) is 7.46. The molecule has 0 atom stereocenters. The first kappa shape index (κ1) is 22.0. The number of allylic oxidation sites excluding steroid dienone is 1. The molecule has 0 bridgehead atoms. The quantitative estimate of drug-likeness (QED) is 0.433. The highest BCUT2D eigenvalue weighted by atomic mass is 35.5. The zero-order valence-electron chi connectivity index (χ0n) is 16.2. The lowest BCUT2D eigenvalue weighted by Gasteiger charge is -2.15. The Balaban J connectivity index is 2.06. The Kier molecular flexibility index (Phi) is 7.22. The van der Waals surface area contributed by atoms with Gasteiger partial charge in [0.25, 0.3) is 0 Å². The first-order valence-corrected chi connectivity index (χ1v) is 11.9. The Bertz CT molecular complexity index is 1220. The normalized spacial score (nSPS) is 12.0. The lowest BCUT2D eigenvalue weighted by atomic mass is 10.2. The van der Waals surface area contributed by atoms with Crippen LogP contribution in [0.3, 0.4) is 0 Å². The van der Waals surface area contributed by atoms with Gasteiger partial charge in [0, 0.05) is 16.5 Å². The molecule has 0 spiro atoms. The van der Waals surface area contributed by atoms with Crippen LogP contribution in [0.1, 0.15) is 11.1 Å². The number of aryl methyl sites for hydroxylation is 1. The molecule has 30 heavy (non-hydrogen) atoms. The number of sulfone groups is 1. The van der Waals surface area contributed by atoms with Gasteiger partial charge in [0.05, 0.1) is 4.90 Å². The van der Waals surface area contributed by atoms with Gasteiger partial charge in [0.1, 0.15) is 11.1 Å². The number of nitriles is 1. The number of nitrogens with one attached hydrogen (secondary N) is 1. The van der Waals surface area contributed by atoms with Crippen molar-refractivity contribution in [1.29, 1.82) is 5.26 Å². The molecule has 0 saturated carbocycles. The molecular weight excluding hydrogens is 436 g/mol. The number of hydrogen-bond acceptors (Lipinski definition) is 5. The van der Waals surface area contributed by atoms with Crippen LogP contribution in [0.15, 0.2) is 93.7 Å². The maximum atomic E-state index is 13.2. The number of anilines is 1. The summed E-state index contributed by atoms with van der Waals surface area (Å²) in [5.41, 5.74) is 2.60. The molecular formula is C23H19ClN2O2S2. The average Bonchev–Trinajstić information content (AvgIpc) is 2.74. The van der Waals surface area contributed by atoms with E-state index in [1.165, 1.54) is 23.9 Å². The van der Waals surface area contributed by atoms with Crippen molar-refractivity contribution in [2.24, 2.45) is 0 Å². The number of thioether (sulfide) groups is 1. The smallest absolute Gasteiger partial charge is 0.219 e. The lowest BCUT2D eigenvalue weighted by Crippen LogP contribution is -2.10. The van der Waals surface area contributed by atoms with Crippen LogP contribution in [-0.4, -0.2) is 8.42 Å². The van der Waals surface area contributed by atoms with Crippen LogP contribution in [0.5, 0.6) is 0 Å². The highest BCUT2D eigenvalue weighted by Crippen LogP contribution is 2.32. The van der Waals surface area contributed by atoms with E-state index < -0.39 is 9.84 Å². The van der Waals surface area contributed by atoms with E-state index in [4.69, 9.17) is 11.6 Å². The molecule has 3 aromatic rings. The maximum Gasteiger partial charge on any atom is 0.219 e. The van der Waals surface area contributed by atoms with Crippen molar-refractivity contribution >= 4 is 38.9 Å². The van der Waals surface area contributed by atoms with Crippen LogP contribution >= 0.6 is 23.4 Å². The van der Waals surface area contributed by atoms with E-state index in [0.717, 1.165) is 16.8 Å². The zero-order chi connectivity index (χ0) is 21.6. The Labute approximate surface area is 186 Å². The predicted octanol–water partition coefficient (Wildman–Crippen LogP) is 6.16. The van der Waals surface area contributed by atoms with Gasteiger partial charge in [-0.15, -0.1) is 11.8 Å². The van der Waals surface area contributed by atoms with Crippen LogP contribution in [0.4, 0.5) is 5.69 Å². The minimum atomic E-state index is -3.99. The molecule has 4 nitrogen and oxygen atoms in total. The van der Waals surface area contributed by atoms with Crippen molar-refractivity contribution in [2.75, 3.05) is 5.32 Å². The second-order valence-electron chi connectivity index (χ2n) is 6.45. The van der Waals surface area contributed by atoms with E-state index in [-0.39, 0.29) is 14.8 Å². The number of nitrogens with zero attached hydrogens (tertiary/aromatic N) is 1. The summed E-state index contributed by atoms with van der Waals surface area (Å²) in [5.74, 6) is 0.449. The van der Waals surface area contributed by atoms with Crippen LogP contribution in [0.25, 0.3) is 0 Å². The molecule has 1 N–H and O–H groups in total. The summed E-state index contributed by atoms with van der Waals surface area (Å²) in [6, 6.07) is 24.7. The van der Waals surface area contributed by atoms with Crippen molar-refractivity contribution in [2.45, 2.75) is 17.6 Å². The molecule has 0 aromatic heterocycles. The summed E-state index contributed by atoms with van der Waals surface area (Å²) < 4.78 is 26.4. The molecule has 0 unspecified atom stereocenters. The molecule has 3 aromatic carbocycles. The van der Waals surface area contributed by atoms with E-state index in [1.807, 2.05) is 55.5 Å². The summed E-state index contributed by atoms with van der Waals surface area (Å²) in [6.45, 7) is 1.92. The molecule has 0 fully saturated rings. The first-order chi connectivity index (χ1) is 14.4. The van der Waals surface area contributed by atoms with Gasteiger partial charge in [-0.1, -0.05) is 60.1 Å². The van der Waals surface area contributed by atoms with E-state index in [0.29, 0.717) is 10.8 Å². The summed E-state index contributed by atoms with van der Waals surface area (Å²) in [6.07, 6.45) is 0. The van der Waals surface area contributed by atoms with Crippen molar-refractivity contribution in [3.8, 4) is 6.07 Å². The predicted molar refractivity (Wildman–Crippen MR) is 124 cm³/mol. The fourth-order valence-electron chi connectivity index (χ4n) is 2.73. The fourth-order valence-corrected chi connectivity index (χ4v) is 5.46. The van der Waals surface area contributed by atoms with Gasteiger partial charge in [-0.25, -0.2) is 8.42 Å². The minimum Gasteiger partial charge on any atom is -0.348 e. The molecule has 0 radical (unpaired) electrons. The van der Waals surface area contributed by atoms with E-state index in [1.54, 1.807) is 24.3 Å². The molecule has 0 aliphatic carbocycles. The van der Waals surface area contributed by atoms with Crippen molar-refractivity contribution in [3.05, 3.63) is 105 Å². The van der Waals surface area contributed by atoms with Crippen LogP contribution in [0.2, 0.25) is 5.02 Å². The highest BCUT2D eigenvalue weighted by Gasteiger charge is 2.25. The van der Waals surface area contributed by atoms with Gasteiger partial charge in [-0.05, 0) is 48.4 Å². The number of para-hydroxylation sites is 1. The van der Waals surface area contributed by atoms with Crippen LogP contribution in [0, 0.1) is 18.3 Å².